The Morgan fingerprint density at radius 3 is 2.42 bits per heavy atom. The Morgan fingerprint density at radius 2 is 2.17 bits per heavy atom. The number of hydrogen-bond acceptors (Lipinski definition) is 3. The van der Waals surface area contributed by atoms with Gasteiger partial charge in [-0.3, -0.25) is 4.79 Å². The molecule has 4 nitrogen and oxygen atoms in total. The van der Waals surface area contributed by atoms with Crippen LogP contribution in [0.2, 0.25) is 0 Å². The molecule has 0 aromatic carbocycles. The van der Waals surface area contributed by atoms with E-state index in [0.717, 1.165) is 0 Å². The molecule has 1 atom stereocenters. The summed E-state index contributed by atoms with van der Waals surface area (Å²) in [6.45, 7) is 0. The molecule has 0 aromatic heterocycles. The maximum Gasteiger partial charge on any atom is 1.00 e. The Hall–Kier alpha value is 0.580. The summed E-state index contributed by atoms with van der Waals surface area (Å²) in [6.07, 6.45) is 0. The van der Waals surface area contributed by atoms with E-state index in [1.807, 2.05) is 0 Å². The van der Waals surface area contributed by atoms with Crippen molar-refractivity contribution in [1.82, 2.24) is 5.32 Å². The van der Waals surface area contributed by atoms with Crippen molar-refractivity contribution in [3.8, 4) is 0 Å². The van der Waals surface area contributed by atoms with Crippen molar-refractivity contribution in [2.75, 3.05) is 11.6 Å². The molecule has 7 heteroatoms. The maximum atomic E-state index is 10.5. The number of carboxylic acids is 1. The van der Waals surface area contributed by atoms with Gasteiger partial charge in [0.05, 0.1) is 0 Å². The van der Waals surface area contributed by atoms with E-state index in [9.17, 15) is 9.59 Å². The quantitative estimate of drug-likeness (QED) is 0.267. The third-order valence-electron chi connectivity index (χ3n) is 0.937. The van der Waals surface area contributed by atoms with Crippen LogP contribution in [0, 0.1) is 0 Å². The Morgan fingerprint density at radius 1 is 1.67 bits per heavy atom. The fourth-order valence-electron chi connectivity index (χ4n) is 0.418. The molecule has 1 unspecified atom stereocenters. The summed E-state index contributed by atoms with van der Waals surface area (Å²) in [5.41, 5.74) is 0. The summed E-state index contributed by atoms with van der Waals surface area (Å²) in [7, 11) is 0. The van der Waals surface area contributed by atoms with Crippen LogP contribution >= 0.6 is 24.2 Å². The van der Waals surface area contributed by atoms with Crippen LogP contribution in [-0.4, -0.2) is 34.7 Å². The Balaban J connectivity index is -0.000000500. The first-order valence-electron chi connectivity index (χ1n) is 2.80. The number of hydrogen-bond donors (Lipinski definition) is 3. The number of aliphatic carboxylic acids is 1. The average molecular weight is 222 g/mol. The van der Waals surface area contributed by atoms with Crippen LogP contribution in [0.25, 0.3) is 0 Å². The second-order valence-corrected chi connectivity index (χ2v) is 2.41. The number of halogens is 1. The van der Waals surface area contributed by atoms with E-state index in [4.69, 9.17) is 16.7 Å². The molecule has 0 saturated heterocycles. The zero-order valence-corrected chi connectivity index (χ0v) is 10.2. The van der Waals surface area contributed by atoms with Gasteiger partial charge in [-0.2, -0.15) is 12.6 Å². The minimum absolute atomic E-state index is 0. The van der Waals surface area contributed by atoms with Gasteiger partial charge < -0.3 is 11.8 Å². The zero-order chi connectivity index (χ0) is 8.85. The van der Waals surface area contributed by atoms with E-state index in [1.54, 1.807) is 0 Å². The van der Waals surface area contributed by atoms with E-state index in [1.165, 1.54) is 0 Å². The van der Waals surface area contributed by atoms with Crippen molar-refractivity contribution in [1.29, 1.82) is 0 Å². The number of rotatable bonds is 4. The number of thiol groups is 1. The van der Waals surface area contributed by atoms with Gasteiger partial charge in [0.25, 0.3) is 0 Å². The van der Waals surface area contributed by atoms with Crippen LogP contribution in [-0.2, 0) is 9.59 Å². The predicted octanol–water partition coefficient (Wildman–Crippen LogP) is -3.16. The first-order valence-corrected chi connectivity index (χ1v) is 3.97. The van der Waals surface area contributed by atoms with E-state index in [2.05, 4.69) is 17.9 Å². The molecule has 12 heavy (non-hydrogen) atoms. The van der Waals surface area contributed by atoms with Crippen LogP contribution in [0.4, 0.5) is 0 Å². The molecule has 0 aliphatic rings. The summed E-state index contributed by atoms with van der Waals surface area (Å²) in [5.74, 6) is -1.80. The molecule has 0 aliphatic heterocycles. The van der Waals surface area contributed by atoms with Gasteiger partial charge in [0.2, 0.25) is 5.91 Å². The summed E-state index contributed by atoms with van der Waals surface area (Å²) >= 11 is 8.86. The van der Waals surface area contributed by atoms with Crippen molar-refractivity contribution in [2.24, 2.45) is 0 Å². The van der Waals surface area contributed by atoms with Gasteiger partial charge in [-0.25, -0.2) is 4.79 Å². The van der Waals surface area contributed by atoms with Crippen LogP contribution in [0.3, 0.4) is 0 Å². The number of carbonyl (C=O) groups excluding carboxylic acids is 1. The first-order chi connectivity index (χ1) is 5.11. The predicted molar refractivity (Wildman–Crippen MR) is 45.3 cm³/mol. The zero-order valence-electron chi connectivity index (χ0n) is 7.58. The number of nitrogens with one attached hydrogen (secondary N) is 1. The van der Waals surface area contributed by atoms with Crippen molar-refractivity contribution in [3.63, 3.8) is 0 Å². The van der Waals surface area contributed by atoms with E-state index < -0.39 is 17.9 Å². The third kappa shape index (κ3) is 6.14. The minimum atomic E-state index is -1.11. The van der Waals surface area contributed by atoms with E-state index in [-0.39, 0.29) is 42.6 Å². The van der Waals surface area contributed by atoms with Gasteiger partial charge in [-0.15, -0.1) is 11.6 Å². The summed E-state index contributed by atoms with van der Waals surface area (Å²) in [6, 6.07) is -0.954. The molecule has 0 bridgehead atoms. The van der Waals surface area contributed by atoms with Crippen molar-refractivity contribution >= 4 is 36.1 Å². The van der Waals surface area contributed by atoms with Gasteiger partial charge in [0.1, 0.15) is 11.9 Å². The molecule has 0 heterocycles. The second kappa shape index (κ2) is 8.19. The molecule has 0 rings (SSSR count). The molecule has 1 amide bonds. The monoisotopic (exact) mass is 221 g/mol. The Labute approximate surface area is 104 Å². The van der Waals surface area contributed by atoms with Crippen molar-refractivity contribution in [2.45, 2.75) is 6.04 Å². The smallest absolute Gasteiger partial charge is 1.00 e. The van der Waals surface area contributed by atoms with Gasteiger partial charge in [0.15, 0.2) is 0 Å². The average Bonchev–Trinajstić information content (AvgIpc) is 1.99. The molecule has 0 fully saturated rings. The van der Waals surface area contributed by atoms with Gasteiger partial charge in [-0.1, -0.05) is 0 Å². The normalized spacial score (nSPS) is 11.2. The third-order valence-corrected chi connectivity index (χ3v) is 1.55. The van der Waals surface area contributed by atoms with E-state index in [0.29, 0.717) is 0 Å². The van der Waals surface area contributed by atoms with Crippen LogP contribution in [0.5, 0.6) is 0 Å². The fourth-order valence-corrected chi connectivity index (χ4v) is 0.743. The Kier molecular flexibility index (Phi) is 10.3. The van der Waals surface area contributed by atoms with Gasteiger partial charge in [-0.05, 0) is 0 Å². The molecule has 0 saturated carbocycles. The van der Waals surface area contributed by atoms with Crippen LogP contribution in [0.1, 0.15) is 1.43 Å². The van der Waals surface area contributed by atoms with Crippen molar-refractivity contribution < 1.29 is 45.7 Å². The standard InChI is InChI=1S/C5H8ClNO3S.Na.H/c6-1-4(8)7-3(2-11)5(9)10;;/h3,11H,1-2H2,(H,7,8)(H,9,10);;/q;+1;-1. The van der Waals surface area contributed by atoms with Crippen LogP contribution in [0.15, 0.2) is 0 Å². The topological polar surface area (TPSA) is 66.4 Å². The summed E-state index contributed by atoms with van der Waals surface area (Å²) < 4.78 is 0. The van der Waals surface area contributed by atoms with Gasteiger partial charge in [0, 0.05) is 5.75 Å². The van der Waals surface area contributed by atoms with Crippen LogP contribution < -0.4 is 34.9 Å². The molecule has 66 valence electrons. The molecular weight excluding hydrogens is 213 g/mol. The summed E-state index contributed by atoms with van der Waals surface area (Å²) in [4.78, 5) is 20.8. The molecule has 0 aliphatic carbocycles. The largest absolute Gasteiger partial charge is 1.00 e. The number of amides is 1. The number of alkyl halides is 1. The SMILES string of the molecule is O=C(CCl)NC(CS)C(=O)O.[H-].[Na+]. The number of carboxylic acid groups (broad SMARTS) is 1. The Bertz CT molecular complexity index is 174. The fraction of sp³-hybridized carbons (Fsp3) is 0.600. The summed E-state index contributed by atoms with van der Waals surface area (Å²) in [5, 5.41) is 10.6. The molecular formula is C5H9ClNNaO3S. The first kappa shape index (κ1) is 15.1. The molecule has 0 radical (unpaired) electrons. The van der Waals surface area contributed by atoms with Crippen molar-refractivity contribution in [3.05, 3.63) is 0 Å². The molecule has 0 spiro atoms. The second-order valence-electron chi connectivity index (χ2n) is 1.77. The molecule has 0 aromatic rings. The van der Waals surface area contributed by atoms with E-state index >= 15 is 0 Å². The number of carbonyl (C=O) groups is 2. The maximum absolute atomic E-state index is 10.5. The minimum Gasteiger partial charge on any atom is -1.00 e. The molecule has 2 N–H and O–H groups in total. The van der Waals surface area contributed by atoms with Gasteiger partial charge >= 0.3 is 35.5 Å².